The second-order valence-electron chi connectivity index (χ2n) is 5.18. The Labute approximate surface area is 102 Å². The third-order valence-corrected chi connectivity index (χ3v) is 4.51. The summed E-state index contributed by atoms with van der Waals surface area (Å²) in [5, 5.41) is 0.890. The first-order valence-electron chi connectivity index (χ1n) is 6.24. The predicted octanol–water partition coefficient (Wildman–Crippen LogP) is 3.46. The van der Waals surface area contributed by atoms with Gasteiger partial charge < -0.3 is 4.90 Å². The lowest BCUT2D eigenvalue weighted by Crippen LogP contribution is -2.43. The summed E-state index contributed by atoms with van der Waals surface area (Å²) in [6, 6.07) is 7.25. The van der Waals surface area contributed by atoms with E-state index in [0.29, 0.717) is 0 Å². The molecule has 1 heterocycles. The summed E-state index contributed by atoms with van der Waals surface area (Å²) < 4.78 is 0. The lowest BCUT2D eigenvalue weighted by molar-refractivity contribution is 0.143. The first-order valence-corrected chi connectivity index (χ1v) is 6.62. The number of hydrogen-bond acceptors (Lipinski definition) is 1. The van der Waals surface area contributed by atoms with Crippen molar-refractivity contribution in [2.75, 3.05) is 13.6 Å². The predicted molar refractivity (Wildman–Crippen MR) is 68.2 cm³/mol. The first-order chi connectivity index (χ1) is 7.75. The van der Waals surface area contributed by atoms with Crippen molar-refractivity contribution in [1.29, 1.82) is 0 Å². The average Bonchev–Trinajstić information content (AvgIpc) is 2.28. The zero-order chi connectivity index (χ0) is 11.1. The van der Waals surface area contributed by atoms with Crippen molar-refractivity contribution in [2.24, 2.45) is 0 Å². The fourth-order valence-electron chi connectivity index (χ4n) is 3.47. The van der Waals surface area contributed by atoms with Gasteiger partial charge in [-0.15, -0.1) is 0 Å². The number of aryl methyl sites for hydroxylation is 1. The number of hydrogen-bond donors (Lipinski definition) is 0. The normalized spacial score (nSPS) is 29.6. The maximum Gasteiger partial charge on any atom is 0.0408 e. The molecule has 0 spiro atoms. The van der Waals surface area contributed by atoms with Gasteiger partial charge in [-0.25, -0.2) is 0 Å². The molecule has 0 unspecified atom stereocenters. The van der Waals surface area contributed by atoms with Gasteiger partial charge in [0, 0.05) is 11.1 Å². The van der Waals surface area contributed by atoms with Crippen molar-refractivity contribution in [2.45, 2.75) is 37.6 Å². The molecule has 86 valence electrons. The second kappa shape index (κ2) is 4.05. The van der Waals surface area contributed by atoms with Crippen LogP contribution < -0.4 is 0 Å². The van der Waals surface area contributed by atoms with Gasteiger partial charge in [-0.2, -0.15) is 0 Å². The van der Waals surface area contributed by atoms with Crippen LogP contribution in [0.15, 0.2) is 18.2 Å². The van der Waals surface area contributed by atoms with Crippen LogP contribution >= 0.6 is 11.6 Å². The highest BCUT2D eigenvalue weighted by atomic mass is 35.5. The minimum absolute atomic E-state index is 0.750. The minimum atomic E-state index is 0.750. The quantitative estimate of drug-likeness (QED) is 0.666. The van der Waals surface area contributed by atoms with Gasteiger partial charge in [-0.1, -0.05) is 17.7 Å². The highest BCUT2D eigenvalue weighted by molar-refractivity contribution is 6.30. The number of likely N-dealkylation sites (N-methyl/N-ethyl adjacent to an activating group) is 1. The topological polar surface area (TPSA) is 3.24 Å². The zero-order valence-corrected chi connectivity index (χ0v) is 10.5. The van der Waals surface area contributed by atoms with Crippen LogP contribution in [0.1, 0.15) is 36.3 Å². The van der Waals surface area contributed by atoms with Crippen molar-refractivity contribution in [3.05, 3.63) is 34.3 Å². The Morgan fingerprint density at radius 1 is 1.31 bits per heavy atom. The largest absolute Gasteiger partial charge is 0.303 e. The Morgan fingerprint density at radius 3 is 3.06 bits per heavy atom. The van der Waals surface area contributed by atoms with Crippen LogP contribution in [0.2, 0.25) is 5.02 Å². The van der Waals surface area contributed by atoms with Gasteiger partial charge in [0.05, 0.1) is 0 Å². The van der Waals surface area contributed by atoms with Crippen LogP contribution in [0.5, 0.6) is 0 Å². The van der Waals surface area contributed by atoms with Crippen LogP contribution in [-0.2, 0) is 6.42 Å². The molecule has 1 aliphatic heterocycles. The van der Waals surface area contributed by atoms with Crippen molar-refractivity contribution < 1.29 is 0 Å². The summed E-state index contributed by atoms with van der Waals surface area (Å²) >= 11 is 6.07. The lowest BCUT2D eigenvalue weighted by Gasteiger charge is -2.43. The van der Waals surface area contributed by atoms with Crippen LogP contribution in [0.3, 0.4) is 0 Å². The third kappa shape index (κ3) is 1.66. The fourth-order valence-corrected chi connectivity index (χ4v) is 3.66. The average molecular weight is 236 g/mol. The number of halogens is 1. The van der Waals surface area contributed by atoms with Crippen molar-refractivity contribution in [1.82, 2.24) is 4.90 Å². The maximum absolute atomic E-state index is 6.07. The van der Waals surface area contributed by atoms with Crippen molar-refractivity contribution in [3.63, 3.8) is 0 Å². The Hall–Kier alpha value is -0.530. The van der Waals surface area contributed by atoms with E-state index in [0.717, 1.165) is 17.0 Å². The summed E-state index contributed by atoms with van der Waals surface area (Å²) in [5.41, 5.74) is 3.05. The second-order valence-corrected chi connectivity index (χ2v) is 5.61. The van der Waals surface area contributed by atoms with E-state index in [1.54, 1.807) is 5.56 Å². The van der Waals surface area contributed by atoms with E-state index in [1.807, 2.05) is 0 Å². The molecule has 16 heavy (non-hydrogen) atoms. The van der Waals surface area contributed by atoms with Gasteiger partial charge >= 0.3 is 0 Å². The molecule has 0 aromatic heterocycles. The molecule has 0 N–H and O–H groups in total. The molecule has 2 atom stereocenters. The van der Waals surface area contributed by atoms with Gasteiger partial charge in [0.2, 0.25) is 0 Å². The zero-order valence-electron chi connectivity index (χ0n) is 9.75. The standard InChI is InChI=1S/C14H18ClN/c1-16-8-2-3-13-12-6-5-11(15)9-10(12)4-7-14(13)16/h5-6,9,13-14H,2-4,7-8H2,1H3/t13-,14-/m1/s1. The minimum Gasteiger partial charge on any atom is -0.303 e. The molecule has 0 bridgehead atoms. The van der Waals surface area contributed by atoms with Gasteiger partial charge in [0.15, 0.2) is 0 Å². The Bertz CT molecular complexity index is 402. The molecule has 3 rings (SSSR count). The molecule has 1 fully saturated rings. The maximum atomic E-state index is 6.07. The highest BCUT2D eigenvalue weighted by Gasteiger charge is 2.34. The summed E-state index contributed by atoms with van der Waals surface area (Å²) in [5.74, 6) is 0.750. The van der Waals surface area contributed by atoms with Crippen LogP contribution in [0.25, 0.3) is 0 Å². The van der Waals surface area contributed by atoms with E-state index in [-0.39, 0.29) is 0 Å². The number of fused-ring (bicyclic) bond motifs is 3. The molecule has 1 aromatic carbocycles. The van der Waals surface area contributed by atoms with Crippen LogP contribution in [-0.4, -0.2) is 24.5 Å². The molecule has 1 nitrogen and oxygen atoms in total. The number of likely N-dealkylation sites (tertiary alicyclic amines) is 1. The first kappa shape index (κ1) is 10.6. The number of benzene rings is 1. The van der Waals surface area contributed by atoms with Gasteiger partial charge in [-0.3, -0.25) is 0 Å². The Morgan fingerprint density at radius 2 is 2.19 bits per heavy atom. The van der Waals surface area contributed by atoms with Gasteiger partial charge in [-0.05, 0) is 68.5 Å². The van der Waals surface area contributed by atoms with E-state index in [4.69, 9.17) is 11.6 Å². The molecule has 0 amide bonds. The lowest BCUT2D eigenvalue weighted by atomic mass is 9.74. The van der Waals surface area contributed by atoms with Gasteiger partial charge in [0.25, 0.3) is 0 Å². The monoisotopic (exact) mass is 235 g/mol. The smallest absolute Gasteiger partial charge is 0.0408 e. The van der Waals surface area contributed by atoms with E-state index < -0.39 is 0 Å². The van der Waals surface area contributed by atoms with E-state index >= 15 is 0 Å². The Balaban J connectivity index is 1.99. The van der Waals surface area contributed by atoms with Crippen molar-refractivity contribution in [3.8, 4) is 0 Å². The molecule has 2 aliphatic rings. The summed E-state index contributed by atoms with van der Waals surface area (Å²) in [6.45, 7) is 1.27. The summed E-state index contributed by atoms with van der Waals surface area (Å²) in [4.78, 5) is 2.55. The van der Waals surface area contributed by atoms with Crippen LogP contribution in [0.4, 0.5) is 0 Å². The number of piperidine rings is 1. The SMILES string of the molecule is CN1CCC[C@@H]2c3ccc(Cl)cc3CC[C@H]21. The molecule has 0 radical (unpaired) electrons. The summed E-state index contributed by atoms with van der Waals surface area (Å²) in [6.07, 6.45) is 5.18. The number of nitrogens with zero attached hydrogens (tertiary/aromatic N) is 1. The summed E-state index contributed by atoms with van der Waals surface area (Å²) in [7, 11) is 2.28. The van der Waals surface area contributed by atoms with Crippen molar-refractivity contribution >= 4 is 11.6 Å². The Kier molecular flexibility index (Phi) is 2.68. The molecule has 1 aromatic rings. The molecule has 1 saturated heterocycles. The van der Waals surface area contributed by atoms with Gasteiger partial charge in [0.1, 0.15) is 0 Å². The molecule has 2 heteroatoms. The fraction of sp³-hybridized carbons (Fsp3) is 0.571. The molecule has 0 saturated carbocycles. The van der Waals surface area contributed by atoms with E-state index in [1.165, 1.54) is 37.8 Å². The highest BCUT2D eigenvalue weighted by Crippen LogP contribution is 2.40. The molecular formula is C14H18ClN. The molecular weight excluding hydrogens is 218 g/mol. The molecule has 1 aliphatic carbocycles. The van der Waals surface area contributed by atoms with E-state index in [2.05, 4.69) is 30.1 Å². The number of rotatable bonds is 0. The van der Waals surface area contributed by atoms with Crippen LogP contribution in [0, 0.1) is 0 Å². The third-order valence-electron chi connectivity index (χ3n) is 4.27. The van der Waals surface area contributed by atoms with E-state index in [9.17, 15) is 0 Å².